The number of piperazine rings is 1. The van der Waals surface area contributed by atoms with Crippen LogP contribution in [-0.2, 0) is 19.1 Å². The van der Waals surface area contributed by atoms with Gasteiger partial charge in [0.05, 0.1) is 0 Å². The third kappa shape index (κ3) is 5.24. The summed E-state index contributed by atoms with van der Waals surface area (Å²) >= 11 is 5.26. The van der Waals surface area contributed by atoms with Gasteiger partial charge < -0.3 is 14.4 Å². The second kappa shape index (κ2) is 6.78. The van der Waals surface area contributed by atoms with Gasteiger partial charge in [0.1, 0.15) is 18.7 Å². The smallest absolute Gasteiger partial charge is 0.410 e. The summed E-state index contributed by atoms with van der Waals surface area (Å²) in [6.45, 7) is 5.57. The van der Waals surface area contributed by atoms with Gasteiger partial charge in [-0.05, 0) is 20.8 Å². The van der Waals surface area contributed by atoms with E-state index in [1.165, 1.54) is 9.80 Å². The van der Waals surface area contributed by atoms with E-state index in [2.05, 4.69) is 4.74 Å². The van der Waals surface area contributed by atoms with Gasteiger partial charge in [-0.25, -0.2) is 4.79 Å². The minimum atomic E-state index is -0.610. The van der Waals surface area contributed by atoms with Crippen LogP contribution in [0.2, 0.25) is 0 Å². The van der Waals surface area contributed by atoms with Crippen molar-refractivity contribution in [3.05, 3.63) is 0 Å². The molecule has 7 nitrogen and oxygen atoms in total. The van der Waals surface area contributed by atoms with Crippen LogP contribution in [-0.4, -0.2) is 65.6 Å². The summed E-state index contributed by atoms with van der Waals surface area (Å²) in [6.07, 6.45) is -0.533. The van der Waals surface area contributed by atoms with Crippen LogP contribution in [0.4, 0.5) is 4.79 Å². The molecular formula is C12H19ClN2O5. The Hall–Kier alpha value is -1.50. The van der Waals surface area contributed by atoms with Gasteiger partial charge in [-0.2, -0.15) is 0 Å². The first-order valence-corrected chi connectivity index (χ1v) is 6.73. The Morgan fingerprint density at radius 3 is 2.45 bits per heavy atom. The maximum absolute atomic E-state index is 11.9. The molecule has 0 spiro atoms. The fraction of sp³-hybridized carbons (Fsp3) is 0.750. The fourth-order valence-corrected chi connectivity index (χ4v) is 1.74. The van der Waals surface area contributed by atoms with Crippen LogP contribution in [0.5, 0.6) is 0 Å². The van der Waals surface area contributed by atoms with Crippen molar-refractivity contribution in [2.45, 2.75) is 26.4 Å². The third-order valence-electron chi connectivity index (χ3n) is 2.51. The molecule has 0 aromatic carbocycles. The highest BCUT2D eigenvalue weighted by Gasteiger charge is 2.31. The average molecular weight is 307 g/mol. The van der Waals surface area contributed by atoms with E-state index in [9.17, 15) is 14.4 Å². The van der Waals surface area contributed by atoms with Crippen LogP contribution in [0.25, 0.3) is 0 Å². The lowest BCUT2D eigenvalue weighted by atomic mass is 10.2. The Bertz CT molecular complexity index is 394. The van der Waals surface area contributed by atoms with Crippen molar-refractivity contribution in [2.24, 2.45) is 0 Å². The van der Waals surface area contributed by atoms with Gasteiger partial charge in [0, 0.05) is 13.1 Å². The van der Waals surface area contributed by atoms with E-state index < -0.39 is 17.7 Å². The third-order valence-corrected chi connectivity index (χ3v) is 2.61. The van der Waals surface area contributed by atoms with Gasteiger partial charge in [0.15, 0.2) is 6.07 Å². The summed E-state index contributed by atoms with van der Waals surface area (Å²) in [6, 6.07) is -0.245. The van der Waals surface area contributed by atoms with Gasteiger partial charge in [-0.3, -0.25) is 14.5 Å². The zero-order valence-electron chi connectivity index (χ0n) is 11.8. The standard InChI is InChI=1S/C12H19ClN2O5/c1-12(2,3)20-11(18)15-5-4-14(9(16)6-15)7-10(17)19-8-13/h4-8H2,1-3H3. The maximum Gasteiger partial charge on any atom is 0.410 e. The molecule has 0 atom stereocenters. The van der Waals surface area contributed by atoms with E-state index in [4.69, 9.17) is 16.3 Å². The summed E-state index contributed by atoms with van der Waals surface area (Å²) in [7, 11) is 0. The van der Waals surface area contributed by atoms with Gasteiger partial charge in [-0.1, -0.05) is 11.6 Å². The lowest BCUT2D eigenvalue weighted by Gasteiger charge is -2.34. The molecule has 114 valence electrons. The minimum Gasteiger partial charge on any atom is -0.448 e. The number of amides is 2. The SMILES string of the molecule is CC(C)(C)OC(=O)N1CCN(CC(=O)OCCl)C(=O)C1. The molecule has 0 saturated carbocycles. The number of esters is 1. The van der Waals surface area contributed by atoms with Crippen molar-refractivity contribution in [3.63, 3.8) is 0 Å². The van der Waals surface area contributed by atoms with E-state index in [0.29, 0.717) is 6.54 Å². The molecule has 8 heteroatoms. The molecule has 0 radical (unpaired) electrons. The molecule has 0 aromatic rings. The minimum absolute atomic E-state index is 0.108. The van der Waals surface area contributed by atoms with Crippen LogP contribution >= 0.6 is 11.6 Å². The van der Waals surface area contributed by atoms with E-state index in [1.807, 2.05) is 0 Å². The highest BCUT2D eigenvalue weighted by Crippen LogP contribution is 2.12. The van der Waals surface area contributed by atoms with Gasteiger partial charge >= 0.3 is 12.1 Å². The van der Waals surface area contributed by atoms with Crippen LogP contribution < -0.4 is 0 Å². The molecule has 1 heterocycles. The van der Waals surface area contributed by atoms with Crippen molar-refractivity contribution in [1.29, 1.82) is 0 Å². The Labute approximate surface area is 122 Å². The number of hydrogen-bond acceptors (Lipinski definition) is 5. The van der Waals surface area contributed by atoms with Crippen molar-refractivity contribution >= 4 is 29.6 Å². The number of carbonyl (C=O) groups excluding carboxylic acids is 3. The zero-order chi connectivity index (χ0) is 15.3. The molecule has 2 amide bonds. The zero-order valence-corrected chi connectivity index (χ0v) is 12.6. The summed E-state index contributed by atoms with van der Waals surface area (Å²) in [5.41, 5.74) is -0.610. The first kappa shape index (κ1) is 16.6. The van der Waals surface area contributed by atoms with E-state index in [1.54, 1.807) is 20.8 Å². The molecule has 1 aliphatic rings. The Morgan fingerprint density at radius 2 is 1.95 bits per heavy atom. The number of carbonyl (C=O) groups is 3. The average Bonchev–Trinajstić information content (AvgIpc) is 2.29. The first-order chi connectivity index (χ1) is 9.23. The number of rotatable bonds is 3. The largest absolute Gasteiger partial charge is 0.448 e. The molecule has 1 rings (SSSR count). The molecule has 0 bridgehead atoms. The number of ether oxygens (including phenoxy) is 2. The Balaban J connectivity index is 2.49. The predicted molar refractivity (Wildman–Crippen MR) is 71.2 cm³/mol. The van der Waals surface area contributed by atoms with Crippen molar-refractivity contribution < 1.29 is 23.9 Å². The lowest BCUT2D eigenvalue weighted by Crippen LogP contribution is -2.54. The van der Waals surface area contributed by atoms with Gasteiger partial charge in [-0.15, -0.1) is 0 Å². The quantitative estimate of drug-likeness (QED) is 0.569. The van der Waals surface area contributed by atoms with E-state index >= 15 is 0 Å². The van der Waals surface area contributed by atoms with Crippen LogP contribution in [0, 0.1) is 0 Å². The second-order valence-corrected chi connectivity index (χ2v) is 5.56. The maximum atomic E-state index is 11.9. The molecule has 0 aliphatic carbocycles. The van der Waals surface area contributed by atoms with Crippen LogP contribution in [0.3, 0.4) is 0 Å². The summed E-state index contributed by atoms with van der Waals surface area (Å²) < 4.78 is 9.75. The summed E-state index contributed by atoms with van der Waals surface area (Å²) in [5.74, 6) is -0.896. The number of nitrogens with zero attached hydrogens (tertiary/aromatic N) is 2. The highest BCUT2D eigenvalue weighted by molar-refractivity contribution is 6.17. The molecular weight excluding hydrogens is 288 g/mol. The van der Waals surface area contributed by atoms with Crippen LogP contribution in [0.15, 0.2) is 0 Å². The topological polar surface area (TPSA) is 76.2 Å². The molecule has 0 N–H and O–H groups in total. The highest BCUT2D eigenvalue weighted by atomic mass is 35.5. The number of halogens is 1. The molecule has 0 aromatic heterocycles. The number of alkyl halides is 1. The molecule has 0 unspecified atom stereocenters. The number of hydrogen-bond donors (Lipinski definition) is 0. The van der Waals surface area contributed by atoms with E-state index in [0.717, 1.165) is 0 Å². The molecule has 1 saturated heterocycles. The Kier molecular flexibility index (Phi) is 5.62. The van der Waals surface area contributed by atoms with Gasteiger partial charge in [0.2, 0.25) is 5.91 Å². The van der Waals surface area contributed by atoms with E-state index in [-0.39, 0.29) is 31.6 Å². The Morgan fingerprint density at radius 1 is 1.30 bits per heavy atom. The van der Waals surface area contributed by atoms with Gasteiger partial charge in [0.25, 0.3) is 0 Å². The fourth-order valence-electron chi connectivity index (χ4n) is 1.62. The lowest BCUT2D eigenvalue weighted by molar-refractivity contribution is -0.149. The van der Waals surface area contributed by atoms with Crippen molar-refractivity contribution in [3.8, 4) is 0 Å². The monoisotopic (exact) mass is 306 g/mol. The predicted octanol–water partition coefficient (Wildman–Crippen LogP) is 0.805. The first-order valence-electron chi connectivity index (χ1n) is 6.20. The van der Waals surface area contributed by atoms with Crippen LogP contribution in [0.1, 0.15) is 20.8 Å². The summed E-state index contributed by atoms with van der Waals surface area (Å²) in [4.78, 5) is 37.6. The molecule has 1 aliphatic heterocycles. The van der Waals surface area contributed by atoms with Crippen molar-refractivity contribution in [1.82, 2.24) is 9.80 Å². The molecule has 1 fully saturated rings. The van der Waals surface area contributed by atoms with Crippen molar-refractivity contribution in [2.75, 3.05) is 32.2 Å². The normalized spacial score (nSPS) is 16.1. The second-order valence-electron chi connectivity index (χ2n) is 5.34. The molecule has 20 heavy (non-hydrogen) atoms. The summed E-state index contributed by atoms with van der Waals surface area (Å²) in [5, 5.41) is 0.